The first kappa shape index (κ1) is 12.5. The molecular weight excluding hydrogens is 224 g/mol. The third-order valence-corrected chi connectivity index (χ3v) is 2.73. The molecule has 94 valence electrons. The van der Waals surface area contributed by atoms with Crippen LogP contribution < -0.4 is 0 Å². The van der Waals surface area contributed by atoms with Gasteiger partial charge >= 0.3 is 0 Å². The first-order valence-electron chi connectivity index (χ1n) is 5.50. The Balaban J connectivity index is 1.76. The van der Waals surface area contributed by atoms with Crippen LogP contribution in [0.4, 0.5) is 0 Å². The highest BCUT2D eigenvalue weighted by atomic mass is 16.7. The summed E-state index contributed by atoms with van der Waals surface area (Å²) in [6, 6.07) is 9.59. The number of aliphatic hydroxyl groups excluding tert-OH is 3. The van der Waals surface area contributed by atoms with Crippen LogP contribution in [0.1, 0.15) is 5.56 Å². The summed E-state index contributed by atoms with van der Waals surface area (Å²) in [7, 11) is 0. The van der Waals surface area contributed by atoms with Crippen molar-refractivity contribution in [3.63, 3.8) is 0 Å². The maximum atomic E-state index is 9.51. The largest absolute Gasteiger partial charge is 0.387 e. The van der Waals surface area contributed by atoms with Crippen LogP contribution in [-0.4, -0.2) is 46.5 Å². The monoisotopic (exact) mass is 240 g/mol. The van der Waals surface area contributed by atoms with Gasteiger partial charge in [-0.25, -0.2) is 0 Å². The van der Waals surface area contributed by atoms with Crippen molar-refractivity contribution < 1.29 is 24.8 Å². The van der Waals surface area contributed by atoms with Crippen LogP contribution in [0, 0.1) is 0 Å². The quantitative estimate of drug-likeness (QED) is 0.670. The summed E-state index contributed by atoms with van der Waals surface area (Å²) in [5.74, 6) is 0. The zero-order valence-corrected chi connectivity index (χ0v) is 9.27. The van der Waals surface area contributed by atoms with Crippen LogP contribution in [0.2, 0.25) is 0 Å². The molecule has 1 aliphatic heterocycles. The Labute approximate surface area is 99.2 Å². The number of ether oxygens (including phenoxy) is 2. The Kier molecular flexibility index (Phi) is 4.09. The predicted molar refractivity (Wildman–Crippen MR) is 59.0 cm³/mol. The van der Waals surface area contributed by atoms with Crippen molar-refractivity contribution >= 4 is 0 Å². The summed E-state index contributed by atoms with van der Waals surface area (Å²) >= 11 is 0. The van der Waals surface area contributed by atoms with Crippen molar-refractivity contribution in [2.45, 2.75) is 31.2 Å². The summed E-state index contributed by atoms with van der Waals surface area (Å²) in [4.78, 5) is 0. The van der Waals surface area contributed by atoms with Crippen molar-refractivity contribution in [2.24, 2.45) is 0 Å². The first-order chi connectivity index (χ1) is 8.18. The second-order valence-electron chi connectivity index (χ2n) is 4.05. The summed E-state index contributed by atoms with van der Waals surface area (Å²) < 4.78 is 10.3. The van der Waals surface area contributed by atoms with E-state index in [0.29, 0.717) is 6.61 Å². The number of hydrogen-bond donors (Lipinski definition) is 3. The molecule has 0 aromatic heterocycles. The lowest BCUT2D eigenvalue weighted by Crippen LogP contribution is -2.34. The zero-order chi connectivity index (χ0) is 12.3. The molecule has 1 aromatic carbocycles. The van der Waals surface area contributed by atoms with Gasteiger partial charge in [0.2, 0.25) is 0 Å². The molecule has 0 aliphatic carbocycles. The normalized spacial score (nSPS) is 32.9. The van der Waals surface area contributed by atoms with Crippen LogP contribution >= 0.6 is 0 Å². The fourth-order valence-corrected chi connectivity index (χ4v) is 1.73. The molecule has 5 heteroatoms. The van der Waals surface area contributed by atoms with Gasteiger partial charge in [0, 0.05) is 0 Å². The van der Waals surface area contributed by atoms with Crippen LogP contribution in [0.3, 0.4) is 0 Å². The number of benzene rings is 1. The average Bonchev–Trinajstić information content (AvgIpc) is 2.59. The Morgan fingerprint density at radius 1 is 1.06 bits per heavy atom. The third kappa shape index (κ3) is 3.02. The van der Waals surface area contributed by atoms with Crippen LogP contribution in [0.25, 0.3) is 0 Å². The highest BCUT2D eigenvalue weighted by molar-refractivity contribution is 5.13. The second kappa shape index (κ2) is 5.57. The van der Waals surface area contributed by atoms with Gasteiger partial charge in [-0.1, -0.05) is 30.3 Å². The van der Waals surface area contributed by atoms with E-state index in [1.54, 1.807) is 0 Å². The van der Waals surface area contributed by atoms with Gasteiger partial charge in [0.05, 0.1) is 13.2 Å². The van der Waals surface area contributed by atoms with Gasteiger partial charge in [-0.2, -0.15) is 0 Å². The van der Waals surface area contributed by atoms with Crippen LogP contribution in [0.15, 0.2) is 30.3 Å². The number of aliphatic hydroxyl groups is 3. The maximum Gasteiger partial charge on any atom is 0.184 e. The molecule has 4 atom stereocenters. The second-order valence-corrected chi connectivity index (χ2v) is 4.05. The number of hydrogen-bond acceptors (Lipinski definition) is 5. The van der Waals surface area contributed by atoms with Crippen molar-refractivity contribution in [1.82, 2.24) is 0 Å². The Morgan fingerprint density at radius 3 is 2.35 bits per heavy atom. The maximum absolute atomic E-state index is 9.51. The molecule has 17 heavy (non-hydrogen) atoms. The van der Waals surface area contributed by atoms with Crippen LogP contribution in [0.5, 0.6) is 0 Å². The highest BCUT2D eigenvalue weighted by Crippen LogP contribution is 2.19. The molecule has 1 heterocycles. The molecule has 1 fully saturated rings. The summed E-state index contributed by atoms with van der Waals surface area (Å²) in [5, 5.41) is 27.9. The van der Waals surface area contributed by atoms with Crippen molar-refractivity contribution in [3.8, 4) is 0 Å². The van der Waals surface area contributed by atoms with E-state index >= 15 is 0 Å². The minimum atomic E-state index is -1.34. The van der Waals surface area contributed by atoms with E-state index in [9.17, 15) is 10.2 Å². The lowest BCUT2D eigenvalue weighted by atomic mass is 10.1. The molecule has 2 rings (SSSR count). The van der Waals surface area contributed by atoms with E-state index in [4.69, 9.17) is 14.6 Å². The van der Waals surface area contributed by atoms with Gasteiger partial charge in [-0.15, -0.1) is 0 Å². The van der Waals surface area contributed by atoms with Gasteiger partial charge in [-0.05, 0) is 5.56 Å². The van der Waals surface area contributed by atoms with Crippen molar-refractivity contribution in [3.05, 3.63) is 35.9 Å². The molecule has 5 nitrogen and oxygen atoms in total. The topological polar surface area (TPSA) is 79.2 Å². The van der Waals surface area contributed by atoms with Crippen molar-refractivity contribution in [1.29, 1.82) is 0 Å². The lowest BCUT2D eigenvalue weighted by Gasteiger charge is -2.14. The molecule has 0 spiro atoms. The third-order valence-electron chi connectivity index (χ3n) is 2.73. The lowest BCUT2D eigenvalue weighted by molar-refractivity contribution is -0.137. The molecular formula is C12H16O5. The van der Waals surface area contributed by atoms with Gasteiger partial charge in [0.25, 0.3) is 0 Å². The van der Waals surface area contributed by atoms with E-state index in [2.05, 4.69) is 0 Å². The number of rotatable bonds is 4. The summed E-state index contributed by atoms with van der Waals surface area (Å²) in [6.07, 6.45) is -4.40. The molecule has 0 radical (unpaired) electrons. The van der Waals surface area contributed by atoms with Crippen molar-refractivity contribution in [2.75, 3.05) is 6.61 Å². The minimum absolute atomic E-state index is 0.129. The summed E-state index contributed by atoms with van der Waals surface area (Å²) in [6.45, 7) is 0.532. The van der Waals surface area contributed by atoms with E-state index in [1.807, 2.05) is 30.3 Å². The standard InChI is InChI=1S/C12H16O5/c13-10-9(17-12(15)11(10)14)7-16-6-8-4-2-1-3-5-8/h1-5,9-15H,6-7H2/t9-,10+,11+,12+/m1/s1. The van der Waals surface area contributed by atoms with Crippen LogP contribution in [-0.2, 0) is 16.1 Å². The highest BCUT2D eigenvalue weighted by Gasteiger charge is 2.41. The van der Waals surface area contributed by atoms with Gasteiger partial charge in [-0.3, -0.25) is 0 Å². The van der Waals surface area contributed by atoms with E-state index in [1.165, 1.54) is 0 Å². The Morgan fingerprint density at radius 2 is 1.76 bits per heavy atom. The van der Waals surface area contributed by atoms with E-state index in [0.717, 1.165) is 5.56 Å². The zero-order valence-electron chi connectivity index (χ0n) is 9.27. The molecule has 0 saturated carbocycles. The van der Waals surface area contributed by atoms with E-state index in [-0.39, 0.29) is 6.61 Å². The SMILES string of the molecule is O[C@@H]1[C@H](O)[C@@H](O)O[C@@H]1COCc1ccccc1. The smallest absolute Gasteiger partial charge is 0.184 e. The fourth-order valence-electron chi connectivity index (χ4n) is 1.73. The minimum Gasteiger partial charge on any atom is -0.387 e. The predicted octanol–water partition coefficient (Wildman–Crippen LogP) is -0.358. The molecule has 0 bridgehead atoms. The van der Waals surface area contributed by atoms with Gasteiger partial charge in [0.15, 0.2) is 6.29 Å². The molecule has 3 N–H and O–H groups in total. The molecule has 0 amide bonds. The van der Waals surface area contributed by atoms with Gasteiger partial charge < -0.3 is 24.8 Å². The molecule has 1 aliphatic rings. The summed E-state index contributed by atoms with van der Waals surface area (Å²) in [5.41, 5.74) is 1.01. The Hall–Kier alpha value is -0.980. The Bertz CT molecular complexity index is 342. The average molecular weight is 240 g/mol. The van der Waals surface area contributed by atoms with Gasteiger partial charge in [0.1, 0.15) is 18.3 Å². The van der Waals surface area contributed by atoms with E-state index < -0.39 is 24.6 Å². The molecule has 1 aromatic rings. The first-order valence-corrected chi connectivity index (χ1v) is 5.50. The fraction of sp³-hybridized carbons (Fsp3) is 0.500. The molecule has 0 unspecified atom stereocenters. The molecule has 1 saturated heterocycles.